The Labute approximate surface area is 130 Å². The molecule has 0 aromatic heterocycles. The lowest BCUT2D eigenvalue weighted by molar-refractivity contribution is 0.129. The predicted octanol–water partition coefficient (Wildman–Crippen LogP) is 2.22. The summed E-state index contributed by atoms with van der Waals surface area (Å²) in [6.07, 6.45) is 7.09. The maximum absolute atomic E-state index is 9.65. The van der Waals surface area contributed by atoms with Crippen LogP contribution in [0.2, 0.25) is 0 Å². The molecule has 1 saturated heterocycles. The minimum atomic E-state index is -0.307. The maximum atomic E-state index is 9.65. The van der Waals surface area contributed by atoms with Crippen LogP contribution in [-0.2, 0) is 0 Å². The van der Waals surface area contributed by atoms with Gasteiger partial charge in [-0.3, -0.25) is 5.32 Å². The summed E-state index contributed by atoms with van der Waals surface area (Å²) in [4.78, 5) is 5.06. The van der Waals surface area contributed by atoms with E-state index in [0.29, 0.717) is 12.1 Å². The quantitative estimate of drug-likeness (QED) is 0.815. The normalized spacial score (nSPS) is 31.0. The second kappa shape index (κ2) is 7.58. The van der Waals surface area contributed by atoms with Crippen LogP contribution in [0.5, 0.6) is 0 Å². The van der Waals surface area contributed by atoms with Crippen molar-refractivity contribution in [2.24, 2.45) is 0 Å². The van der Waals surface area contributed by atoms with E-state index in [1.165, 1.54) is 38.9 Å². The molecule has 0 aromatic carbocycles. The highest BCUT2D eigenvalue weighted by atomic mass is 15.2. The van der Waals surface area contributed by atoms with Gasteiger partial charge in [0.25, 0.3) is 0 Å². The fourth-order valence-corrected chi connectivity index (χ4v) is 3.93. The molecule has 4 nitrogen and oxygen atoms in total. The van der Waals surface area contributed by atoms with Crippen molar-refractivity contribution in [2.45, 2.75) is 70.0 Å². The number of nitrogens with zero attached hydrogens (tertiary/aromatic N) is 3. The van der Waals surface area contributed by atoms with E-state index in [9.17, 15) is 5.26 Å². The molecule has 2 fully saturated rings. The van der Waals surface area contributed by atoms with Crippen LogP contribution in [0.3, 0.4) is 0 Å². The Morgan fingerprint density at radius 1 is 1.33 bits per heavy atom. The number of hydrogen-bond donors (Lipinski definition) is 1. The van der Waals surface area contributed by atoms with Crippen LogP contribution in [-0.4, -0.2) is 60.6 Å². The van der Waals surface area contributed by atoms with Crippen LogP contribution in [0.25, 0.3) is 0 Å². The van der Waals surface area contributed by atoms with E-state index in [0.717, 1.165) is 25.8 Å². The topological polar surface area (TPSA) is 42.3 Å². The van der Waals surface area contributed by atoms with Gasteiger partial charge in [-0.1, -0.05) is 0 Å². The Balaban J connectivity index is 1.85. The predicted molar refractivity (Wildman–Crippen MR) is 87.2 cm³/mol. The highest BCUT2D eigenvalue weighted by Gasteiger charge is 2.38. The third-order valence-electron chi connectivity index (χ3n) is 5.09. The summed E-state index contributed by atoms with van der Waals surface area (Å²) in [7, 11) is 2.24. The van der Waals surface area contributed by atoms with Crippen molar-refractivity contribution >= 4 is 0 Å². The molecule has 2 unspecified atom stereocenters. The standard InChI is InChI=1S/C17H32N4/c1-15(2)19-17(14-18)8-6-7-16(13-17)20(3)11-12-21-9-4-5-10-21/h15-16,19H,4-13H2,1-3H3. The molecule has 4 heteroatoms. The number of likely N-dealkylation sites (tertiary alicyclic amines) is 1. The van der Waals surface area contributed by atoms with Gasteiger partial charge in [0, 0.05) is 25.2 Å². The van der Waals surface area contributed by atoms with Crippen LogP contribution in [0.15, 0.2) is 0 Å². The summed E-state index contributed by atoms with van der Waals surface area (Å²) in [5.41, 5.74) is -0.307. The van der Waals surface area contributed by atoms with Crippen molar-refractivity contribution in [2.75, 3.05) is 33.2 Å². The SMILES string of the molecule is CC(C)NC1(C#N)CCCC(N(C)CCN2CCCC2)C1. The Morgan fingerprint density at radius 3 is 2.67 bits per heavy atom. The summed E-state index contributed by atoms with van der Waals surface area (Å²) < 4.78 is 0. The van der Waals surface area contributed by atoms with Crippen LogP contribution in [0.4, 0.5) is 0 Å². The summed E-state index contributed by atoms with van der Waals surface area (Å²) in [6.45, 7) is 9.14. The van der Waals surface area contributed by atoms with Gasteiger partial charge in [0.05, 0.1) is 6.07 Å². The van der Waals surface area contributed by atoms with E-state index in [2.05, 4.69) is 42.1 Å². The second-order valence-corrected chi connectivity index (χ2v) is 7.27. The largest absolute Gasteiger partial charge is 0.302 e. The van der Waals surface area contributed by atoms with Crippen LogP contribution in [0, 0.1) is 11.3 Å². The number of nitrogens with one attached hydrogen (secondary N) is 1. The van der Waals surface area contributed by atoms with Crippen molar-refractivity contribution in [3.8, 4) is 6.07 Å². The molecule has 1 N–H and O–H groups in total. The molecule has 1 heterocycles. The average molecular weight is 292 g/mol. The minimum absolute atomic E-state index is 0.307. The Hall–Kier alpha value is -0.630. The van der Waals surface area contributed by atoms with Crippen LogP contribution < -0.4 is 5.32 Å². The van der Waals surface area contributed by atoms with Gasteiger partial charge in [0.1, 0.15) is 5.54 Å². The van der Waals surface area contributed by atoms with Gasteiger partial charge in [-0.05, 0) is 72.5 Å². The van der Waals surface area contributed by atoms with Gasteiger partial charge >= 0.3 is 0 Å². The number of likely N-dealkylation sites (N-methyl/N-ethyl adjacent to an activating group) is 1. The van der Waals surface area contributed by atoms with Crippen molar-refractivity contribution in [3.63, 3.8) is 0 Å². The molecular weight excluding hydrogens is 260 g/mol. The van der Waals surface area contributed by atoms with Gasteiger partial charge in [-0.15, -0.1) is 0 Å². The number of hydrogen-bond acceptors (Lipinski definition) is 4. The first-order valence-corrected chi connectivity index (χ1v) is 8.66. The summed E-state index contributed by atoms with van der Waals surface area (Å²) in [6, 6.07) is 3.50. The maximum Gasteiger partial charge on any atom is 0.108 e. The molecule has 1 aliphatic heterocycles. The first-order valence-electron chi connectivity index (χ1n) is 8.66. The van der Waals surface area contributed by atoms with Gasteiger partial charge in [0.2, 0.25) is 0 Å². The molecule has 0 aromatic rings. The molecule has 0 radical (unpaired) electrons. The lowest BCUT2D eigenvalue weighted by atomic mass is 9.79. The second-order valence-electron chi connectivity index (χ2n) is 7.27. The van der Waals surface area contributed by atoms with E-state index in [1.807, 2.05) is 0 Å². The van der Waals surface area contributed by atoms with E-state index in [1.54, 1.807) is 0 Å². The molecule has 0 amide bonds. The van der Waals surface area contributed by atoms with Gasteiger partial charge < -0.3 is 9.80 Å². The molecule has 2 aliphatic rings. The van der Waals surface area contributed by atoms with E-state index < -0.39 is 0 Å². The first-order chi connectivity index (χ1) is 10.0. The van der Waals surface area contributed by atoms with Crippen LogP contribution in [0.1, 0.15) is 52.4 Å². The van der Waals surface area contributed by atoms with Crippen molar-refractivity contribution in [3.05, 3.63) is 0 Å². The summed E-state index contributed by atoms with van der Waals surface area (Å²) >= 11 is 0. The van der Waals surface area contributed by atoms with Crippen molar-refractivity contribution in [1.82, 2.24) is 15.1 Å². The smallest absolute Gasteiger partial charge is 0.108 e. The zero-order chi connectivity index (χ0) is 15.3. The van der Waals surface area contributed by atoms with Crippen molar-refractivity contribution < 1.29 is 0 Å². The Morgan fingerprint density at radius 2 is 2.05 bits per heavy atom. The van der Waals surface area contributed by atoms with Crippen molar-refractivity contribution in [1.29, 1.82) is 5.26 Å². The number of nitriles is 1. The molecule has 120 valence electrons. The molecule has 2 rings (SSSR count). The molecule has 21 heavy (non-hydrogen) atoms. The third-order valence-corrected chi connectivity index (χ3v) is 5.09. The highest BCUT2D eigenvalue weighted by molar-refractivity contribution is 5.11. The van der Waals surface area contributed by atoms with Gasteiger partial charge in [-0.25, -0.2) is 0 Å². The number of rotatable bonds is 6. The summed E-state index contributed by atoms with van der Waals surface area (Å²) in [5, 5.41) is 13.2. The van der Waals surface area contributed by atoms with E-state index in [-0.39, 0.29) is 5.54 Å². The zero-order valence-corrected chi connectivity index (χ0v) is 14.1. The fourth-order valence-electron chi connectivity index (χ4n) is 3.93. The zero-order valence-electron chi connectivity index (χ0n) is 14.1. The van der Waals surface area contributed by atoms with Crippen LogP contribution >= 0.6 is 0 Å². The van der Waals surface area contributed by atoms with Gasteiger partial charge in [0.15, 0.2) is 0 Å². The monoisotopic (exact) mass is 292 g/mol. The minimum Gasteiger partial charge on any atom is -0.302 e. The molecule has 0 spiro atoms. The van der Waals surface area contributed by atoms with E-state index in [4.69, 9.17) is 0 Å². The van der Waals surface area contributed by atoms with E-state index >= 15 is 0 Å². The molecular formula is C17H32N4. The molecule has 0 bridgehead atoms. The lowest BCUT2D eigenvalue weighted by Crippen LogP contribution is -2.54. The van der Waals surface area contributed by atoms with Gasteiger partial charge in [-0.2, -0.15) is 5.26 Å². The Bertz CT molecular complexity index is 356. The molecule has 2 atom stereocenters. The first kappa shape index (κ1) is 16.7. The molecule has 1 saturated carbocycles. The third kappa shape index (κ3) is 4.67. The fraction of sp³-hybridized carbons (Fsp3) is 0.941. The Kier molecular flexibility index (Phi) is 6.04. The lowest BCUT2D eigenvalue weighted by Gasteiger charge is -2.41. The highest BCUT2D eigenvalue weighted by Crippen LogP contribution is 2.31. The average Bonchev–Trinajstić information content (AvgIpc) is 2.97. The summed E-state index contributed by atoms with van der Waals surface area (Å²) in [5.74, 6) is 0. The molecule has 1 aliphatic carbocycles.